The first kappa shape index (κ1) is 12.1. The molecule has 2 N–H and O–H groups in total. The predicted molar refractivity (Wildman–Crippen MR) is 71.4 cm³/mol. The van der Waals surface area contributed by atoms with E-state index in [0.29, 0.717) is 11.6 Å². The molecule has 0 saturated heterocycles. The average molecular weight is 268 g/mol. The van der Waals surface area contributed by atoms with Crippen LogP contribution in [-0.4, -0.2) is 13.3 Å². The summed E-state index contributed by atoms with van der Waals surface area (Å²) in [5.41, 5.74) is 7.23. The number of hydrogen-bond acceptors (Lipinski definition) is 3. The Bertz CT molecular complexity index is 455. The van der Waals surface area contributed by atoms with E-state index in [1.165, 1.54) is 19.3 Å². The van der Waals surface area contributed by atoms with Gasteiger partial charge in [0.15, 0.2) is 11.5 Å². The van der Waals surface area contributed by atoms with E-state index < -0.39 is 0 Å². The average Bonchev–Trinajstić information content (AvgIpc) is 2.86. The molecule has 0 radical (unpaired) electrons. The van der Waals surface area contributed by atoms with Crippen LogP contribution in [0.3, 0.4) is 0 Å². The van der Waals surface area contributed by atoms with Gasteiger partial charge in [-0.05, 0) is 18.9 Å². The fourth-order valence-electron chi connectivity index (χ4n) is 3.18. The Morgan fingerprint density at radius 3 is 2.67 bits per heavy atom. The van der Waals surface area contributed by atoms with Crippen LogP contribution in [0.2, 0.25) is 5.02 Å². The number of benzene rings is 1. The van der Waals surface area contributed by atoms with Crippen molar-refractivity contribution < 1.29 is 9.47 Å². The molecule has 1 heterocycles. The minimum atomic E-state index is 0.0148. The van der Waals surface area contributed by atoms with Gasteiger partial charge < -0.3 is 15.2 Å². The van der Waals surface area contributed by atoms with Gasteiger partial charge >= 0.3 is 0 Å². The topological polar surface area (TPSA) is 44.5 Å². The summed E-state index contributed by atoms with van der Waals surface area (Å²) in [4.78, 5) is 0. The van der Waals surface area contributed by atoms with Gasteiger partial charge in [0.25, 0.3) is 0 Å². The highest BCUT2D eigenvalue weighted by atomic mass is 35.5. The third kappa shape index (κ3) is 1.86. The Morgan fingerprint density at radius 1 is 1.17 bits per heavy atom. The van der Waals surface area contributed by atoms with Crippen molar-refractivity contribution >= 4 is 11.6 Å². The lowest BCUT2D eigenvalue weighted by molar-refractivity contribution is 0.170. The number of nitrogens with two attached hydrogens (primary N) is 1. The molecule has 18 heavy (non-hydrogen) atoms. The van der Waals surface area contributed by atoms with Crippen LogP contribution < -0.4 is 15.2 Å². The van der Waals surface area contributed by atoms with Gasteiger partial charge in [-0.3, -0.25) is 0 Å². The first-order valence-electron chi connectivity index (χ1n) is 6.55. The molecule has 0 amide bonds. The number of halogens is 1. The van der Waals surface area contributed by atoms with E-state index in [-0.39, 0.29) is 12.2 Å². The summed E-state index contributed by atoms with van der Waals surface area (Å²) < 4.78 is 11.1. The summed E-state index contributed by atoms with van der Waals surface area (Å²) in [6.45, 7) is 0.923. The van der Waals surface area contributed by atoms with Gasteiger partial charge in [-0.25, -0.2) is 0 Å². The smallest absolute Gasteiger partial charge is 0.231 e. The van der Waals surface area contributed by atoms with Gasteiger partial charge in [-0.2, -0.15) is 0 Å². The van der Waals surface area contributed by atoms with E-state index >= 15 is 0 Å². The zero-order valence-electron chi connectivity index (χ0n) is 10.4. The summed E-state index contributed by atoms with van der Waals surface area (Å²) in [6, 6.07) is 3.83. The van der Waals surface area contributed by atoms with E-state index in [4.69, 9.17) is 26.8 Å². The summed E-state index contributed by atoms with van der Waals surface area (Å²) in [5, 5.41) is 0.702. The maximum atomic E-state index is 6.19. The SMILES string of the molecule is NCC1(c2cc(Cl)cc3c2OCO3)CCCCC1. The Morgan fingerprint density at radius 2 is 1.94 bits per heavy atom. The molecular formula is C14H18ClNO2. The molecule has 0 bridgehead atoms. The van der Waals surface area contributed by atoms with Crippen LogP contribution in [0.5, 0.6) is 11.5 Å². The van der Waals surface area contributed by atoms with Crippen molar-refractivity contribution in [2.45, 2.75) is 37.5 Å². The molecule has 0 atom stereocenters. The third-order valence-electron chi connectivity index (χ3n) is 4.21. The van der Waals surface area contributed by atoms with Crippen molar-refractivity contribution in [3.05, 3.63) is 22.7 Å². The van der Waals surface area contributed by atoms with Crippen LogP contribution in [0, 0.1) is 0 Å². The molecule has 1 aliphatic carbocycles. The van der Waals surface area contributed by atoms with Crippen LogP contribution in [0.25, 0.3) is 0 Å². The zero-order valence-corrected chi connectivity index (χ0v) is 11.1. The van der Waals surface area contributed by atoms with Crippen molar-refractivity contribution in [2.75, 3.05) is 13.3 Å². The molecule has 1 aromatic rings. The Kier molecular flexibility index (Phi) is 3.12. The second-order valence-corrected chi connectivity index (χ2v) is 5.67. The number of fused-ring (bicyclic) bond motifs is 1. The molecule has 1 saturated carbocycles. The minimum absolute atomic E-state index is 0.0148. The molecule has 2 aliphatic rings. The summed E-state index contributed by atoms with van der Waals surface area (Å²) in [6.07, 6.45) is 5.96. The van der Waals surface area contributed by atoms with Crippen molar-refractivity contribution in [1.82, 2.24) is 0 Å². The minimum Gasteiger partial charge on any atom is -0.454 e. The predicted octanol–water partition coefficient (Wildman–Crippen LogP) is 3.23. The normalized spacial score (nSPS) is 21.0. The first-order valence-corrected chi connectivity index (χ1v) is 6.93. The molecule has 0 unspecified atom stereocenters. The highest BCUT2D eigenvalue weighted by Gasteiger charge is 2.37. The lowest BCUT2D eigenvalue weighted by atomic mass is 9.69. The second kappa shape index (κ2) is 4.63. The molecule has 0 aromatic heterocycles. The lowest BCUT2D eigenvalue weighted by Gasteiger charge is -2.37. The van der Waals surface area contributed by atoms with Crippen LogP contribution in [-0.2, 0) is 5.41 Å². The van der Waals surface area contributed by atoms with Crippen molar-refractivity contribution in [3.63, 3.8) is 0 Å². The summed E-state index contributed by atoms with van der Waals surface area (Å²) >= 11 is 6.19. The monoisotopic (exact) mass is 267 g/mol. The third-order valence-corrected chi connectivity index (χ3v) is 4.43. The molecule has 4 heteroatoms. The van der Waals surface area contributed by atoms with Crippen molar-refractivity contribution in [1.29, 1.82) is 0 Å². The van der Waals surface area contributed by atoms with Crippen molar-refractivity contribution in [3.8, 4) is 11.5 Å². The molecular weight excluding hydrogens is 250 g/mol. The molecule has 98 valence electrons. The lowest BCUT2D eigenvalue weighted by Crippen LogP contribution is -2.37. The van der Waals surface area contributed by atoms with Crippen molar-refractivity contribution in [2.24, 2.45) is 5.73 Å². The van der Waals surface area contributed by atoms with Crippen LogP contribution >= 0.6 is 11.6 Å². The standard InChI is InChI=1S/C14H18ClNO2/c15-10-6-11(13-12(7-10)17-9-18-13)14(8-16)4-2-1-3-5-14/h6-7H,1-5,8-9,16H2. The van der Waals surface area contributed by atoms with Gasteiger partial charge in [0.1, 0.15) is 0 Å². The van der Waals surface area contributed by atoms with E-state index in [2.05, 4.69) is 0 Å². The quantitative estimate of drug-likeness (QED) is 0.895. The largest absolute Gasteiger partial charge is 0.454 e. The number of hydrogen-bond donors (Lipinski definition) is 1. The molecule has 1 aromatic carbocycles. The van der Waals surface area contributed by atoms with Crippen LogP contribution in [0.1, 0.15) is 37.7 Å². The van der Waals surface area contributed by atoms with E-state index in [9.17, 15) is 0 Å². The Labute approximate surface area is 112 Å². The van der Waals surface area contributed by atoms with E-state index in [0.717, 1.165) is 29.9 Å². The second-order valence-electron chi connectivity index (χ2n) is 5.23. The maximum absolute atomic E-state index is 6.19. The highest BCUT2D eigenvalue weighted by molar-refractivity contribution is 6.30. The Hall–Kier alpha value is -0.930. The van der Waals surface area contributed by atoms with Gasteiger partial charge in [0, 0.05) is 28.6 Å². The molecule has 3 rings (SSSR count). The fraction of sp³-hybridized carbons (Fsp3) is 0.571. The van der Waals surface area contributed by atoms with Gasteiger partial charge in [-0.15, -0.1) is 0 Å². The van der Waals surface area contributed by atoms with Crippen LogP contribution in [0.15, 0.2) is 12.1 Å². The summed E-state index contributed by atoms with van der Waals surface area (Å²) in [7, 11) is 0. The fourth-order valence-corrected chi connectivity index (χ4v) is 3.39. The van der Waals surface area contributed by atoms with Gasteiger partial charge in [-0.1, -0.05) is 30.9 Å². The van der Waals surface area contributed by atoms with E-state index in [1.807, 2.05) is 12.1 Å². The van der Waals surface area contributed by atoms with E-state index in [1.54, 1.807) is 0 Å². The van der Waals surface area contributed by atoms with Gasteiger partial charge in [0.2, 0.25) is 6.79 Å². The molecule has 3 nitrogen and oxygen atoms in total. The van der Waals surface area contributed by atoms with Gasteiger partial charge in [0.05, 0.1) is 0 Å². The zero-order chi connectivity index (χ0) is 12.6. The summed E-state index contributed by atoms with van der Waals surface area (Å²) in [5.74, 6) is 1.61. The highest BCUT2D eigenvalue weighted by Crippen LogP contribution is 2.48. The maximum Gasteiger partial charge on any atom is 0.231 e. The Balaban J connectivity index is 2.09. The molecule has 1 fully saturated rings. The number of ether oxygens (including phenoxy) is 2. The molecule has 0 spiro atoms. The molecule has 1 aliphatic heterocycles. The first-order chi connectivity index (χ1) is 8.75. The van der Waals surface area contributed by atoms with Crippen LogP contribution in [0.4, 0.5) is 0 Å². The number of rotatable bonds is 2.